The van der Waals surface area contributed by atoms with E-state index in [1.807, 2.05) is 27.7 Å². The van der Waals surface area contributed by atoms with Gasteiger partial charge in [0.15, 0.2) is 0 Å². The zero-order valence-electron chi connectivity index (χ0n) is 13.4. The topological polar surface area (TPSA) is 59.4 Å². The summed E-state index contributed by atoms with van der Waals surface area (Å²) in [5.41, 5.74) is -0.422. The molecule has 1 aliphatic heterocycles. The summed E-state index contributed by atoms with van der Waals surface area (Å²) < 4.78 is 0. The van der Waals surface area contributed by atoms with Gasteiger partial charge in [-0.3, -0.25) is 14.6 Å². The number of carbonyl (C=O) groups is 1. The van der Waals surface area contributed by atoms with Crippen LogP contribution < -0.4 is 5.32 Å². The summed E-state index contributed by atoms with van der Waals surface area (Å²) in [6.07, 6.45) is 0.947. The van der Waals surface area contributed by atoms with Crippen LogP contribution in [0.25, 0.3) is 0 Å². The maximum atomic E-state index is 12.1. The molecule has 5 heteroatoms. The largest absolute Gasteiger partial charge is 0.352 e. The Bertz CT molecular complexity index is 367. The Morgan fingerprint density at radius 1 is 1.30 bits per heavy atom. The molecule has 0 aromatic carbocycles. The van der Waals surface area contributed by atoms with Crippen molar-refractivity contribution in [1.29, 1.82) is 5.26 Å². The highest BCUT2D eigenvalue weighted by Crippen LogP contribution is 2.17. The summed E-state index contributed by atoms with van der Waals surface area (Å²) in [6, 6.07) is 2.46. The number of nitrogens with one attached hydrogen (secondary N) is 1. The maximum absolute atomic E-state index is 12.1. The van der Waals surface area contributed by atoms with Gasteiger partial charge >= 0.3 is 0 Å². The number of piperazine rings is 1. The fourth-order valence-electron chi connectivity index (χ4n) is 2.37. The van der Waals surface area contributed by atoms with Gasteiger partial charge in [-0.25, -0.2) is 0 Å². The maximum Gasteiger partial charge on any atom is 0.237 e. The summed E-state index contributed by atoms with van der Waals surface area (Å²) in [5, 5.41) is 12.2. The zero-order chi connectivity index (χ0) is 15.3. The van der Waals surface area contributed by atoms with Gasteiger partial charge in [0.05, 0.1) is 12.1 Å². The lowest BCUT2D eigenvalue weighted by atomic mass is 10.0. The number of hydrogen-bond donors (Lipinski definition) is 1. The zero-order valence-corrected chi connectivity index (χ0v) is 13.4. The third-order valence-electron chi connectivity index (χ3n) is 4.31. The number of nitriles is 1. The predicted octanol–water partition coefficient (Wildman–Crippen LogP) is 1.21. The van der Waals surface area contributed by atoms with Gasteiger partial charge in [0.1, 0.15) is 5.54 Å². The van der Waals surface area contributed by atoms with Crippen molar-refractivity contribution >= 4 is 5.91 Å². The Morgan fingerprint density at radius 3 is 2.30 bits per heavy atom. The Balaban J connectivity index is 2.49. The molecule has 2 atom stereocenters. The van der Waals surface area contributed by atoms with E-state index in [1.165, 1.54) is 0 Å². The van der Waals surface area contributed by atoms with Crippen molar-refractivity contribution < 1.29 is 4.79 Å². The monoisotopic (exact) mass is 280 g/mol. The Hall–Kier alpha value is -1.12. The lowest BCUT2D eigenvalue weighted by molar-refractivity contribution is -0.127. The highest BCUT2D eigenvalue weighted by Gasteiger charge is 2.32. The van der Waals surface area contributed by atoms with Gasteiger partial charge in [-0.15, -0.1) is 0 Å². The van der Waals surface area contributed by atoms with E-state index in [2.05, 4.69) is 28.1 Å². The highest BCUT2D eigenvalue weighted by molar-refractivity contribution is 5.81. The van der Waals surface area contributed by atoms with Crippen LogP contribution in [0.3, 0.4) is 0 Å². The molecule has 1 fully saturated rings. The van der Waals surface area contributed by atoms with Crippen molar-refractivity contribution in [2.24, 2.45) is 0 Å². The molecule has 1 rings (SSSR count). The van der Waals surface area contributed by atoms with Crippen LogP contribution in [0.4, 0.5) is 0 Å². The van der Waals surface area contributed by atoms with Gasteiger partial charge in [0.25, 0.3) is 0 Å². The molecule has 0 aromatic heterocycles. The third-order valence-corrected chi connectivity index (χ3v) is 4.31. The minimum absolute atomic E-state index is 0.101. The van der Waals surface area contributed by atoms with Crippen molar-refractivity contribution in [3.63, 3.8) is 0 Å². The summed E-state index contributed by atoms with van der Waals surface area (Å²) in [7, 11) is 0. The van der Waals surface area contributed by atoms with E-state index in [9.17, 15) is 4.79 Å². The van der Waals surface area contributed by atoms with Crippen molar-refractivity contribution in [1.82, 2.24) is 15.1 Å². The van der Waals surface area contributed by atoms with Crippen LogP contribution in [0, 0.1) is 11.3 Å². The fourth-order valence-corrected chi connectivity index (χ4v) is 2.37. The first-order valence-electron chi connectivity index (χ1n) is 7.52. The molecule has 0 aliphatic carbocycles. The second-order valence-corrected chi connectivity index (χ2v) is 6.19. The summed E-state index contributed by atoms with van der Waals surface area (Å²) >= 11 is 0. The average molecular weight is 280 g/mol. The predicted molar refractivity (Wildman–Crippen MR) is 80.2 cm³/mol. The molecule has 20 heavy (non-hydrogen) atoms. The molecule has 114 valence electrons. The number of carbonyl (C=O) groups excluding carboxylic acids is 1. The van der Waals surface area contributed by atoms with Crippen LogP contribution in [-0.2, 0) is 4.79 Å². The van der Waals surface area contributed by atoms with Gasteiger partial charge in [-0.05, 0) is 34.1 Å². The quantitative estimate of drug-likeness (QED) is 0.822. The van der Waals surface area contributed by atoms with Crippen LogP contribution in [0.1, 0.15) is 41.0 Å². The molecular weight excluding hydrogens is 252 g/mol. The molecule has 1 aliphatic rings. The summed E-state index contributed by atoms with van der Waals surface area (Å²) in [4.78, 5) is 16.5. The molecule has 1 heterocycles. The minimum atomic E-state index is -0.422. The van der Waals surface area contributed by atoms with Crippen molar-refractivity contribution in [3.8, 4) is 6.07 Å². The SMILES string of the molecule is CCC(C)NC(=O)C(C)N1CCN(C(C)(C)C#N)CC1. The van der Waals surface area contributed by atoms with Crippen molar-refractivity contribution in [2.75, 3.05) is 26.2 Å². The van der Waals surface area contributed by atoms with Gasteiger partial charge < -0.3 is 5.32 Å². The average Bonchev–Trinajstić information content (AvgIpc) is 2.46. The van der Waals surface area contributed by atoms with Gasteiger partial charge in [-0.2, -0.15) is 5.26 Å². The second kappa shape index (κ2) is 7.05. The van der Waals surface area contributed by atoms with E-state index in [0.717, 1.165) is 32.6 Å². The van der Waals surface area contributed by atoms with E-state index in [-0.39, 0.29) is 18.0 Å². The first-order chi connectivity index (χ1) is 9.31. The van der Waals surface area contributed by atoms with Crippen LogP contribution >= 0.6 is 0 Å². The molecule has 0 radical (unpaired) electrons. The van der Waals surface area contributed by atoms with Crippen LogP contribution in [-0.4, -0.2) is 59.5 Å². The third kappa shape index (κ3) is 4.19. The smallest absolute Gasteiger partial charge is 0.237 e. The molecule has 1 saturated heterocycles. The summed E-state index contributed by atoms with van der Waals surface area (Å²) in [5.74, 6) is 0.104. The minimum Gasteiger partial charge on any atom is -0.352 e. The molecule has 0 bridgehead atoms. The number of amides is 1. The standard InChI is InChI=1S/C15H28N4O/c1-6-12(2)17-14(20)13(3)18-7-9-19(10-8-18)15(4,5)11-16/h12-13H,6-10H2,1-5H3,(H,17,20). The Labute approximate surface area is 122 Å². The number of rotatable bonds is 5. The van der Waals surface area contributed by atoms with Crippen molar-refractivity contribution in [3.05, 3.63) is 0 Å². The van der Waals surface area contributed by atoms with Crippen molar-refractivity contribution in [2.45, 2.75) is 58.7 Å². The van der Waals surface area contributed by atoms with Crippen LogP contribution in [0.5, 0.6) is 0 Å². The first-order valence-corrected chi connectivity index (χ1v) is 7.52. The van der Waals surface area contributed by atoms with Gasteiger partial charge in [-0.1, -0.05) is 6.92 Å². The lowest BCUT2D eigenvalue weighted by Gasteiger charge is -2.42. The first kappa shape index (κ1) is 16.9. The van der Waals surface area contributed by atoms with Crippen LogP contribution in [0.2, 0.25) is 0 Å². The normalized spacial score (nSPS) is 21.0. The molecule has 1 N–H and O–H groups in total. The fraction of sp³-hybridized carbons (Fsp3) is 0.867. The van der Waals surface area contributed by atoms with Crippen LogP contribution in [0.15, 0.2) is 0 Å². The Kier molecular flexibility index (Phi) is 5.97. The van der Waals surface area contributed by atoms with E-state index >= 15 is 0 Å². The van der Waals surface area contributed by atoms with E-state index in [4.69, 9.17) is 5.26 Å². The molecular formula is C15H28N4O. The van der Waals surface area contributed by atoms with E-state index in [1.54, 1.807) is 0 Å². The molecule has 0 aromatic rings. The molecule has 1 amide bonds. The van der Waals surface area contributed by atoms with E-state index < -0.39 is 5.54 Å². The van der Waals surface area contributed by atoms with Gasteiger partial charge in [0, 0.05) is 32.2 Å². The molecule has 2 unspecified atom stereocenters. The molecule has 5 nitrogen and oxygen atoms in total. The Morgan fingerprint density at radius 2 is 1.85 bits per heavy atom. The second-order valence-electron chi connectivity index (χ2n) is 6.19. The highest BCUT2D eigenvalue weighted by atomic mass is 16.2. The lowest BCUT2D eigenvalue weighted by Crippen LogP contribution is -2.58. The number of nitrogens with zero attached hydrogens (tertiary/aromatic N) is 3. The summed E-state index contributed by atoms with van der Waals surface area (Å²) in [6.45, 7) is 13.3. The van der Waals surface area contributed by atoms with E-state index in [0.29, 0.717) is 0 Å². The molecule has 0 spiro atoms. The number of hydrogen-bond acceptors (Lipinski definition) is 4. The van der Waals surface area contributed by atoms with Gasteiger partial charge in [0.2, 0.25) is 5.91 Å². The molecule has 0 saturated carbocycles.